The summed E-state index contributed by atoms with van der Waals surface area (Å²) in [5.41, 5.74) is 2.40. The second-order valence-electron chi connectivity index (χ2n) is 4.00. The molecule has 1 aromatic carbocycles. The molecule has 1 N–H and O–H groups in total. The van der Waals surface area contributed by atoms with Gasteiger partial charge in [-0.15, -0.1) is 0 Å². The van der Waals surface area contributed by atoms with Gasteiger partial charge in [0.1, 0.15) is 0 Å². The van der Waals surface area contributed by atoms with E-state index < -0.39 is 0 Å². The standard InChI is InChI=1S/C12H15BrO/c13-12-7-9(8-14)5-6-11(12)10-3-1-2-4-10/h5-7,10,14H,1-4,8H2. The molecule has 1 fully saturated rings. The van der Waals surface area contributed by atoms with Gasteiger partial charge >= 0.3 is 0 Å². The minimum atomic E-state index is 0.129. The van der Waals surface area contributed by atoms with E-state index in [4.69, 9.17) is 5.11 Å². The van der Waals surface area contributed by atoms with Crippen LogP contribution in [0.2, 0.25) is 0 Å². The summed E-state index contributed by atoms with van der Waals surface area (Å²) in [4.78, 5) is 0. The van der Waals surface area contributed by atoms with Gasteiger partial charge in [0.15, 0.2) is 0 Å². The molecule has 0 bridgehead atoms. The maximum absolute atomic E-state index is 9.00. The van der Waals surface area contributed by atoms with Crippen molar-refractivity contribution < 1.29 is 5.11 Å². The Kier molecular flexibility index (Phi) is 3.24. The fraction of sp³-hybridized carbons (Fsp3) is 0.500. The second-order valence-corrected chi connectivity index (χ2v) is 4.85. The highest BCUT2D eigenvalue weighted by molar-refractivity contribution is 9.10. The van der Waals surface area contributed by atoms with Crippen LogP contribution in [-0.2, 0) is 6.61 Å². The van der Waals surface area contributed by atoms with E-state index in [0.717, 1.165) is 16.0 Å². The first-order valence-electron chi connectivity index (χ1n) is 5.20. The molecule has 0 heterocycles. The third kappa shape index (κ3) is 2.01. The zero-order valence-corrected chi connectivity index (χ0v) is 9.76. The molecule has 0 aliphatic heterocycles. The Bertz CT molecular complexity index is 316. The Morgan fingerprint density at radius 1 is 1.29 bits per heavy atom. The molecule has 76 valence electrons. The van der Waals surface area contributed by atoms with E-state index >= 15 is 0 Å². The Labute approximate surface area is 93.3 Å². The highest BCUT2D eigenvalue weighted by atomic mass is 79.9. The van der Waals surface area contributed by atoms with Crippen molar-refractivity contribution in [1.82, 2.24) is 0 Å². The molecule has 1 aliphatic rings. The van der Waals surface area contributed by atoms with Crippen molar-refractivity contribution in [3.63, 3.8) is 0 Å². The van der Waals surface area contributed by atoms with Crippen molar-refractivity contribution in [3.8, 4) is 0 Å². The molecular weight excluding hydrogens is 240 g/mol. The third-order valence-corrected chi connectivity index (χ3v) is 3.73. The minimum Gasteiger partial charge on any atom is -0.392 e. The fourth-order valence-corrected chi connectivity index (χ4v) is 2.99. The average molecular weight is 255 g/mol. The average Bonchev–Trinajstić information content (AvgIpc) is 2.70. The molecule has 14 heavy (non-hydrogen) atoms. The van der Waals surface area contributed by atoms with Crippen LogP contribution >= 0.6 is 15.9 Å². The van der Waals surface area contributed by atoms with Crippen LogP contribution < -0.4 is 0 Å². The SMILES string of the molecule is OCc1ccc(C2CCCC2)c(Br)c1. The van der Waals surface area contributed by atoms with Gasteiger partial charge < -0.3 is 5.11 Å². The highest BCUT2D eigenvalue weighted by Gasteiger charge is 2.18. The molecule has 0 radical (unpaired) electrons. The van der Waals surface area contributed by atoms with Gasteiger partial charge in [-0.2, -0.15) is 0 Å². The van der Waals surface area contributed by atoms with Crippen molar-refractivity contribution in [2.75, 3.05) is 0 Å². The van der Waals surface area contributed by atoms with E-state index in [1.807, 2.05) is 12.1 Å². The van der Waals surface area contributed by atoms with Crippen LogP contribution in [0.5, 0.6) is 0 Å². The monoisotopic (exact) mass is 254 g/mol. The van der Waals surface area contributed by atoms with E-state index in [9.17, 15) is 0 Å². The van der Waals surface area contributed by atoms with E-state index in [1.54, 1.807) is 0 Å². The molecule has 0 atom stereocenters. The summed E-state index contributed by atoms with van der Waals surface area (Å²) < 4.78 is 1.16. The second kappa shape index (κ2) is 4.45. The van der Waals surface area contributed by atoms with Crippen LogP contribution in [0.3, 0.4) is 0 Å². The predicted molar refractivity (Wildman–Crippen MR) is 61.3 cm³/mol. The van der Waals surface area contributed by atoms with Gasteiger partial charge in [-0.3, -0.25) is 0 Å². The first-order chi connectivity index (χ1) is 6.81. The number of hydrogen-bond donors (Lipinski definition) is 1. The number of halogens is 1. The number of aliphatic hydroxyl groups is 1. The van der Waals surface area contributed by atoms with E-state index in [1.165, 1.54) is 31.2 Å². The molecule has 0 saturated heterocycles. The van der Waals surface area contributed by atoms with Crippen LogP contribution in [-0.4, -0.2) is 5.11 Å². The van der Waals surface area contributed by atoms with E-state index in [0.29, 0.717) is 0 Å². The molecule has 2 heteroatoms. The fourth-order valence-electron chi connectivity index (χ4n) is 2.24. The largest absolute Gasteiger partial charge is 0.392 e. The molecule has 0 aromatic heterocycles. The Morgan fingerprint density at radius 3 is 2.57 bits per heavy atom. The maximum atomic E-state index is 9.00. The molecule has 1 saturated carbocycles. The van der Waals surface area contributed by atoms with Gasteiger partial charge in [0.25, 0.3) is 0 Å². The summed E-state index contributed by atoms with van der Waals surface area (Å²) in [5.74, 6) is 0.733. The van der Waals surface area contributed by atoms with Crippen molar-refractivity contribution in [1.29, 1.82) is 0 Å². The molecule has 1 aromatic rings. The summed E-state index contributed by atoms with van der Waals surface area (Å²) >= 11 is 3.59. The molecule has 0 spiro atoms. The highest BCUT2D eigenvalue weighted by Crippen LogP contribution is 2.37. The van der Waals surface area contributed by atoms with Crippen LogP contribution in [0.15, 0.2) is 22.7 Å². The lowest BCUT2D eigenvalue weighted by Gasteiger charge is -2.12. The zero-order valence-electron chi connectivity index (χ0n) is 8.17. The molecule has 1 nitrogen and oxygen atoms in total. The molecule has 0 amide bonds. The summed E-state index contributed by atoms with van der Waals surface area (Å²) in [7, 11) is 0. The van der Waals surface area contributed by atoms with Crippen molar-refractivity contribution in [2.45, 2.75) is 38.2 Å². The van der Waals surface area contributed by atoms with Crippen LogP contribution in [0.4, 0.5) is 0 Å². The van der Waals surface area contributed by atoms with Gasteiger partial charge in [0, 0.05) is 4.47 Å². The topological polar surface area (TPSA) is 20.2 Å². The smallest absolute Gasteiger partial charge is 0.0682 e. The predicted octanol–water partition coefficient (Wildman–Crippen LogP) is 3.60. The van der Waals surface area contributed by atoms with Gasteiger partial charge in [-0.25, -0.2) is 0 Å². The Hall–Kier alpha value is -0.340. The van der Waals surface area contributed by atoms with Crippen molar-refractivity contribution in [2.24, 2.45) is 0 Å². The molecule has 1 aliphatic carbocycles. The normalized spacial score (nSPS) is 17.6. The number of aliphatic hydroxyl groups excluding tert-OH is 1. The maximum Gasteiger partial charge on any atom is 0.0682 e. The summed E-state index contributed by atoms with van der Waals surface area (Å²) in [6, 6.07) is 6.22. The Morgan fingerprint density at radius 2 is 2.00 bits per heavy atom. The Balaban J connectivity index is 2.25. The molecule has 2 rings (SSSR count). The minimum absolute atomic E-state index is 0.129. The summed E-state index contributed by atoms with van der Waals surface area (Å²) in [6.45, 7) is 0.129. The van der Waals surface area contributed by atoms with E-state index in [-0.39, 0.29) is 6.61 Å². The van der Waals surface area contributed by atoms with Crippen LogP contribution in [0, 0.1) is 0 Å². The van der Waals surface area contributed by atoms with Gasteiger partial charge in [-0.1, -0.05) is 40.9 Å². The van der Waals surface area contributed by atoms with E-state index in [2.05, 4.69) is 22.0 Å². The lowest BCUT2D eigenvalue weighted by atomic mass is 9.97. The summed E-state index contributed by atoms with van der Waals surface area (Å²) in [6.07, 6.45) is 5.35. The first kappa shape index (κ1) is 10.2. The lowest BCUT2D eigenvalue weighted by Crippen LogP contribution is -1.95. The quantitative estimate of drug-likeness (QED) is 0.856. The number of benzene rings is 1. The van der Waals surface area contributed by atoms with Crippen LogP contribution in [0.25, 0.3) is 0 Å². The number of hydrogen-bond acceptors (Lipinski definition) is 1. The molecule has 0 unspecified atom stereocenters. The first-order valence-corrected chi connectivity index (χ1v) is 5.99. The van der Waals surface area contributed by atoms with Crippen molar-refractivity contribution >= 4 is 15.9 Å². The lowest BCUT2D eigenvalue weighted by molar-refractivity contribution is 0.281. The third-order valence-electron chi connectivity index (χ3n) is 3.04. The van der Waals surface area contributed by atoms with Gasteiger partial charge in [-0.05, 0) is 36.0 Å². The van der Waals surface area contributed by atoms with Gasteiger partial charge in [0.05, 0.1) is 6.61 Å². The number of rotatable bonds is 2. The molecular formula is C12H15BrO. The van der Waals surface area contributed by atoms with Gasteiger partial charge in [0.2, 0.25) is 0 Å². The van der Waals surface area contributed by atoms with Crippen molar-refractivity contribution in [3.05, 3.63) is 33.8 Å². The zero-order chi connectivity index (χ0) is 9.97. The van der Waals surface area contributed by atoms with Crippen LogP contribution in [0.1, 0.15) is 42.7 Å². The summed E-state index contributed by atoms with van der Waals surface area (Å²) in [5, 5.41) is 9.00.